The molecule has 1 amide bonds. The number of amides is 1. The first-order valence-corrected chi connectivity index (χ1v) is 9.05. The highest BCUT2D eigenvalue weighted by atomic mass is 32.1. The normalized spacial score (nSPS) is 11.2. The molecule has 1 aromatic carbocycles. The van der Waals surface area contributed by atoms with Gasteiger partial charge in [-0.05, 0) is 43.7 Å². The van der Waals surface area contributed by atoms with Crippen molar-refractivity contribution < 1.29 is 9.18 Å². The Bertz CT molecular complexity index is 1260. The van der Waals surface area contributed by atoms with Crippen LogP contribution in [0.5, 0.6) is 0 Å². The number of fused-ring (bicyclic) bond motifs is 3. The number of aromatic nitrogens is 3. The van der Waals surface area contributed by atoms with Gasteiger partial charge in [-0.2, -0.15) is 0 Å². The zero-order valence-electron chi connectivity index (χ0n) is 14.6. The molecule has 4 aromatic rings. The van der Waals surface area contributed by atoms with Crippen LogP contribution in [-0.4, -0.2) is 20.4 Å². The second-order valence-corrected chi connectivity index (χ2v) is 7.28. The van der Waals surface area contributed by atoms with Gasteiger partial charge in [0.1, 0.15) is 21.9 Å². The van der Waals surface area contributed by atoms with Gasteiger partial charge in [0, 0.05) is 16.8 Å². The van der Waals surface area contributed by atoms with E-state index in [1.165, 1.54) is 40.4 Å². The molecule has 0 spiro atoms. The first kappa shape index (κ1) is 17.3. The molecule has 0 atom stereocenters. The maximum absolute atomic E-state index is 13.2. The summed E-state index contributed by atoms with van der Waals surface area (Å²) in [6.45, 7) is 3.65. The van der Waals surface area contributed by atoms with E-state index in [1.54, 1.807) is 6.07 Å². The number of hydrogen-bond acceptors (Lipinski definition) is 5. The first-order valence-electron chi connectivity index (χ1n) is 8.23. The molecule has 0 radical (unpaired) electrons. The number of nitrogens with one attached hydrogen (secondary N) is 1. The van der Waals surface area contributed by atoms with Gasteiger partial charge in [0.25, 0.3) is 5.56 Å². The van der Waals surface area contributed by atoms with Crippen molar-refractivity contribution in [3.8, 4) is 0 Å². The van der Waals surface area contributed by atoms with Gasteiger partial charge in [-0.15, -0.1) is 11.3 Å². The smallest absolute Gasteiger partial charge is 0.271 e. The summed E-state index contributed by atoms with van der Waals surface area (Å²) in [4.78, 5) is 34.7. The number of pyridine rings is 1. The van der Waals surface area contributed by atoms with E-state index in [0.29, 0.717) is 15.9 Å². The van der Waals surface area contributed by atoms with E-state index in [9.17, 15) is 14.0 Å². The Kier molecular flexibility index (Phi) is 4.19. The lowest BCUT2D eigenvalue weighted by Gasteiger charge is -2.07. The molecule has 3 heterocycles. The van der Waals surface area contributed by atoms with Crippen LogP contribution in [0.4, 0.5) is 10.1 Å². The van der Waals surface area contributed by atoms with Gasteiger partial charge in [-0.25, -0.2) is 14.4 Å². The number of carbonyl (C=O) groups is 1. The number of aryl methyl sites for hydroxylation is 2. The van der Waals surface area contributed by atoms with Gasteiger partial charge in [-0.1, -0.05) is 6.07 Å². The highest BCUT2D eigenvalue weighted by Gasteiger charge is 2.16. The number of hydrogen-bond donors (Lipinski definition) is 1. The number of thiophene rings is 1. The minimum Gasteiger partial charge on any atom is -0.324 e. The van der Waals surface area contributed by atoms with Gasteiger partial charge < -0.3 is 5.32 Å². The second-order valence-electron chi connectivity index (χ2n) is 6.28. The summed E-state index contributed by atoms with van der Waals surface area (Å²) in [5.41, 5.74) is 2.53. The topological polar surface area (TPSA) is 76.9 Å². The third-order valence-electron chi connectivity index (χ3n) is 4.17. The van der Waals surface area contributed by atoms with E-state index >= 15 is 0 Å². The molecule has 136 valence electrons. The quantitative estimate of drug-likeness (QED) is 0.589. The molecule has 0 aliphatic heterocycles. The van der Waals surface area contributed by atoms with E-state index in [-0.39, 0.29) is 12.1 Å². The number of benzene rings is 1. The average molecular weight is 382 g/mol. The molecule has 0 aliphatic rings. The molecule has 6 nitrogen and oxygen atoms in total. The van der Waals surface area contributed by atoms with Crippen LogP contribution in [0, 0.1) is 19.7 Å². The fourth-order valence-electron chi connectivity index (χ4n) is 3.04. The van der Waals surface area contributed by atoms with Crippen LogP contribution in [0.15, 0.2) is 41.5 Å². The number of rotatable bonds is 3. The van der Waals surface area contributed by atoms with Crippen LogP contribution in [0.25, 0.3) is 20.4 Å². The Labute approximate surface area is 157 Å². The summed E-state index contributed by atoms with van der Waals surface area (Å²) in [5, 5.41) is 3.44. The molecule has 0 saturated heterocycles. The SMILES string of the molecule is Cc1cc(C)c2c(n1)sc1c(=O)n(CC(=O)Nc3cccc(F)c3)cnc12. The molecule has 3 aromatic heterocycles. The van der Waals surface area contributed by atoms with Crippen LogP contribution < -0.4 is 10.9 Å². The second kappa shape index (κ2) is 6.55. The first-order chi connectivity index (χ1) is 12.9. The summed E-state index contributed by atoms with van der Waals surface area (Å²) in [7, 11) is 0. The Morgan fingerprint density at radius 1 is 1.30 bits per heavy atom. The van der Waals surface area contributed by atoms with Gasteiger partial charge in [-0.3, -0.25) is 14.2 Å². The lowest BCUT2D eigenvalue weighted by Crippen LogP contribution is -2.27. The van der Waals surface area contributed by atoms with Crippen molar-refractivity contribution in [2.75, 3.05) is 5.32 Å². The van der Waals surface area contributed by atoms with Crippen molar-refractivity contribution >= 4 is 43.4 Å². The van der Waals surface area contributed by atoms with E-state index in [0.717, 1.165) is 21.5 Å². The van der Waals surface area contributed by atoms with Crippen molar-refractivity contribution in [3.63, 3.8) is 0 Å². The maximum atomic E-state index is 13.2. The Hall–Kier alpha value is -3.13. The number of anilines is 1. The zero-order chi connectivity index (χ0) is 19.1. The van der Waals surface area contributed by atoms with Gasteiger partial charge in [0.05, 0.1) is 11.8 Å². The maximum Gasteiger partial charge on any atom is 0.271 e. The molecule has 0 unspecified atom stereocenters. The minimum absolute atomic E-state index is 0.210. The van der Waals surface area contributed by atoms with Crippen molar-refractivity contribution in [2.45, 2.75) is 20.4 Å². The molecular formula is C19H15FN4O2S. The fourth-order valence-corrected chi connectivity index (χ4v) is 4.23. The Morgan fingerprint density at radius 3 is 2.89 bits per heavy atom. The van der Waals surface area contributed by atoms with E-state index in [2.05, 4.69) is 15.3 Å². The highest BCUT2D eigenvalue weighted by Crippen LogP contribution is 2.31. The molecule has 27 heavy (non-hydrogen) atoms. The molecule has 0 fully saturated rings. The van der Waals surface area contributed by atoms with Crippen LogP contribution >= 0.6 is 11.3 Å². The number of nitrogens with zero attached hydrogens (tertiary/aromatic N) is 3. The monoisotopic (exact) mass is 382 g/mol. The van der Waals surface area contributed by atoms with Gasteiger partial charge >= 0.3 is 0 Å². The summed E-state index contributed by atoms with van der Waals surface area (Å²) in [6, 6.07) is 7.53. The molecule has 0 aliphatic carbocycles. The lowest BCUT2D eigenvalue weighted by atomic mass is 10.1. The summed E-state index contributed by atoms with van der Waals surface area (Å²) >= 11 is 1.28. The molecule has 4 rings (SSSR count). The van der Waals surface area contributed by atoms with Crippen LogP contribution in [-0.2, 0) is 11.3 Å². The number of carbonyl (C=O) groups excluding carboxylic acids is 1. The van der Waals surface area contributed by atoms with Crippen molar-refractivity contribution in [1.82, 2.24) is 14.5 Å². The predicted molar refractivity (Wildman–Crippen MR) is 104 cm³/mol. The third-order valence-corrected chi connectivity index (χ3v) is 5.23. The standard InChI is InChI=1S/C19H15FN4O2S/c1-10-6-11(2)22-18-15(10)16-17(27-18)19(26)24(9-21-16)8-14(25)23-13-5-3-4-12(20)7-13/h3-7,9H,8H2,1-2H3,(H,23,25). The fraction of sp³-hybridized carbons (Fsp3) is 0.158. The summed E-state index contributed by atoms with van der Waals surface area (Å²) in [6.07, 6.45) is 1.36. The van der Waals surface area contributed by atoms with Crippen LogP contribution in [0.2, 0.25) is 0 Å². The molecule has 1 N–H and O–H groups in total. The average Bonchev–Trinajstić information content (AvgIpc) is 2.96. The lowest BCUT2D eigenvalue weighted by molar-refractivity contribution is -0.116. The van der Waals surface area contributed by atoms with E-state index < -0.39 is 11.7 Å². The van der Waals surface area contributed by atoms with Crippen molar-refractivity contribution in [1.29, 1.82) is 0 Å². The molecule has 0 saturated carbocycles. The number of halogens is 1. The molecule has 8 heteroatoms. The predicted octanol–water partition coefficient (Wildman–Crippen LogP) is 3.40. The van der Waals surface area contributed by atoms with Crippen LogP contribution in [0.3, 0.4) is 0 Å². The largest absolute Gasteiger partial charge is 0.324 e. The molecule has 0 bridgehead atoms. The third kappa shape index (κ3) is 3.19. The highest BCUT2D eigenvalue weighted by molar-refractivity contribution is 7.25. The Balaban J connectivity index is 1.69. The van der Waals surface area contributed by atoms with E-state index in [4.69, 9.17) is 0 Å². The van der Waals surface area contributed by atoms with Crippen molar-refractivity contribution in [2.24, 2.45) is 0 Å². The van der Waals surface area contributed by atoms with Gasteiger partial charge in [0.2, 0.25) is 5.91 Å². The summed E-state index contributed by atoms with van der Waals surface area (Å²) in [5.74, 6) is -0.883. The molecular weight excluding hydrogens is 367 g/mol. The minimum atomic E-state index is -0.448. The van der Waals surface area contributed by atoms with E-state index in [1.807, 2.05) is 19.9 Å². The van der Waals surface area contributed by atoms with Crippen LogP contribution in [0.1, 0.15) is 11.3 Å². The van der Waals surface area contributed by atoms with Gasteiger partial charge in [0.15, 0.2) is 0 Å². The zero-order valence-corrected chi connectivity index (χ0v) is 15.4. The summed E-state index contributed by atoms with van der Waals surface area (Å²) < 4.78 is 14.9. The Morgan fingerprint density at radius 2 is 2.11 bits per heavy atom. The van der Waals surface area contributed by atoms with Crippen molar-refractivity contribution in [3.05, 3.63) is 64.1 Å².